The highest BCUT2D eigenvalue weighted by Crippen LogP contribution is 2.34. The maximum absolute atomic E-state index is 11.7. The van der Waals surface area contributed by atoms with Crippen molar-refractivity contribution in [1.82, 2.24) is 4.98 Å². The highest BCUT2D eigenvalue weighted by molar-refractivity contribution is 7.89. The maximum Gasteiger partial charge on any atom is 0.251 e. The van der Waals surface area contributed by atoms with Crippen LogP contribution < -0.4 is 16.6 Å². The number of aliphatic hydroxyl groups is 2. The van der Waals surface area contributed by atoms with Crippen molar-refractivity contribution in [2.75, 3.05) is 0 Å². The maximum atomic E-state index is 11.7. The van der Waals surface area contributed by atoms with Crippen LogP contribution in [0.15, 0.2) is 70.3 Å². The zero-order valence-corrected chi connectivity index (χ0v) is 19.8. The fraction of sp³-hybridized carbons (Fsp3) is 0.0952. The highest BCUT2D eigenvalue weighted by Gasteiger charge is 2.20. The number of oxazole rings is 1. The SMILES string of the molecule is C.C#CC.NC(O)=S.NC(O)=S.NS(=O)(=O)c1ccccc1-c1ncoc1-c1ccccc1.O. The Kier molecular flexibility index (Phi) is 18.5. The number of nitrogens with two attached hydrogens (primary N) is 3. The van der Waals surface area contributed by atoms with Gasteiger partial charge in [-0.2, -0.15) is 0 Å². The predicted molar refractivity (Wildman–Crippen MR) is 142 cm³/mol. The van der Waals surface area contributed by atoms with Crippen molar-refractivity contribution >= 4 is 44.8 Å². The number of terminal acetylenes is 1. The molecule has 0 saturated heterocycles. The van der Waals surface area contributed by atoms with E-state index in [1.165, 1.54) is 12.5 Å². The molecule has 0 radical (unpaired) electrons. The van der Waals surface area contributed by atoms with E-state index in [1.807, 2.05) is 30.3 Å². The number of nitrogens with zero attached hydrogens (tertiary/aromatic N) is 1. The topological polar surface area (TPSA) is 210 Å². The minimum atomic E-state index is -3.84. The molecule has 0 atom stereocenters. The van der Waals surface area contributed by atoms with Gasteiger partial charge >= 0.3 is 0 Å². The van der Waals surface area contributed by atoms with Crippen molar-refractivity contribution in [2.45, 2.75) is 19.2 Å². The molecule has 186 valence electrons. The van der Waals surface area contributed by atoms with E-state index in [1.54, 1.807) is 25.1 Å². The third-order valence-corrected chi connectivity index (χ3v) is 4.02. The Morgan fingerprint density at radius 1 is 1.03 bits per heavy atom. The van der Waals surface area contributed by atoms with Gasteiger partial charge < -0.3 is 31.6 Å². The molecule has 1 aromatic heterocycles. The van der Waals surface area contributed by atoms with Crippen molar-refractivity contribution < 1.29 is 28.5 Å². The van der Waals surface area contributed by atoms with Crippen LogP contribution >= 0.6 is 24.4 Å². The smallest absolute Gasteiger partial charge is 0.251 e. The van der Waals surface area contributed by atoms with Gasteiger partial charge in [-0.15, -0.1) is 12.3 Å². The van der Waals surface area contributed by atoms with Crippen LogP contribution in [0.4, 0.5) is 0 Å². The van der Waals surface area contributed by atoms with Crippen molar-refractivity contribution in [3.05, 3.63) is 61.0 Å². The summed E-state index contributed by atoms with van der Waals surface area (Å²) >= 11 is 7.74. The molecule has 0 unspecified atom stereocenters. The molecule has 0 amide bonds. The molecule has 0 fully saturated rings. The molecular weight excluding hydrogens is 500 g/mol. The molecule has 0 aliphatic rings. The van der Waals surface area contributed by atoms with Gasteiger partial charge in [0, 0.05) is 11.1 Å². The van der Waals surface area contributed by atoms with Crippen molar-refractivity contribution in [2.24, 2.45) is 16.6 Å². The van der Waals surface area contributed by atoms with Crippen LogP contribution in [0.3, 0.4) is 0 Å². The van der Waals surface area contributed by atoms with Gasteiger partial charge in [-0.05, 0) is 37.4 Å². The van der Waals surface area contributed by atoms with Gasteiger partial charge in [0.2, 0.25) is 10.0 Å². The van der Waals surface area contributed by atoms with Gasteiger partial charge in [-0.3, -0.25) is 0 Å². The summed E-state index contributed by atoms with van der Waals surface area (Å²) in [5.74, 6) is 2.76. The summed E-state index contributed by atoms with van der Waals surface area (Å²) in [6, 6.07) is 15.8. The predicted octanol–water partition coefficient (Wildman–Crippen LogP) is 2.68. The average Bonchev–Trinajstić information content (AvgIpc) is 3.17. The first kappa shape index (κ1) is 35.1. The Morgan fingerprint density at radius 2 is 1.44 bits per heavy atom. The first-order chi connectivity index (χ1) is 14.9. The third-order valence-electron chi connectivity index (χ3n) is 3.05. The molecule has 10 N–H and O–H groups in total. The Bertz CT molecular complexity index is 1140. The van der Waals surface area contributed by atoms with Crippen LogP contribution in [0.2, 0.25) is 0 Å². The molecule has 1 heterocycles. The molecule has 0 saturated carbocycles. The number of hydrogen-bond acceptors (Lipinski definition) is 6. The van der Waals surface area contributed by atoms with Crippen LogP contribution in [-0.4, -0.2) is 39.4 Å². The molecule has 0 spiro atoms. The third kappa shape index (κ3) is 13.8. The van der Waals surface area contributed by atoms with Crippen molar-refractivity contribution in [3.63, 3.8) is 0 Å². The molecule has 3 aromatic rings. The first-order valence-corrected chi connectivity index (χ1v) is 10.8. The molecule has 0 aliphatic carbocycles. The zero-order valence-electron chi connectivity index (χ0n) is 17.4. The quantitative estimate of drug-likeness (QED) is 0.248. The lowest BCUT2D eigenvalue weighted by atomic mass is 10.1. The van der Waals surface area contributed by atoms with Crippen LogP contribution in [-0.2, 0) is 10.0 Å². The summed E-state index contributed by atoms with van der Waals surface area (Å²) in [7, 11) is -3.84. The normalized spacial score (nSPS) is 8.74. The second-order valence-electron chi connectivity index (χ2n) is 5.40. The number of hydrogen-bond donors (Lipinski definition) is 5. The summed E-state index contributed by atoms with van der Waals surface area (Å²) in [6.07, 6.45) is 5.89. The van der Waals surface area contributed by atoms with Crippen molar-refractivity contribution in [3.8, 4) is 34.9 Å². The van der Waals surface area contributed by atoms with Gasteiger partial charge in [0.05, 0.1) is 4.90 Å². The van der Waals surface area contributed by atoms with Gasteiger partial charge in [0.25, 0.3) is 10.3 Å². The lowest BCUT2D eigenvalue weighted by molar-refractivity contribution is 0.559. The Balaban J connectivity index is -0.000000630. The van der Waals surface area contributed by atoms with E-state index in [0.717, 1.165) is 5.56 Å². The highest BCUT2D eigenvalue weighted by atomic mass is 32.2. The number of aromatic nitrogens is 1. The van der Waals surface area contributed by atoms with Crippen LogP contribution in [0.5, 0.6) is 0 Å². The van der Waals surface area contributed by atoms with Gasteiger partial charge in [-0.25, -0.2) is 18.5 Å². The molecule has 10 nitrogen and oxygen atoms in total. The number of aliphatic hydroxyl groups excluding tert-OH is 2. The fourth-order valence-corrected chi connectivity index (χ4v) is 2.88. The average molecular weight is 529 g/mol. The minimum absolute atomic E-state index is 0. The Labute approximate surface area is 209 Å². The lowest BCUT2D eigenvalue weighted by Crippen LogP contribution is -2.13. The van der Waals surface area contributed by atoms with Gasteiger partial charge in [0.15, 0.2) is 12.2 Å². The number of sulfonamides is 1. The van der Waals surface area contributed by atoms with E-state index in [9.17, 15) is 8.42 Å². The number of primary sulfonamides is 1. The molecule has 13 heteroatoms. The second kappa shape index (κ2) is 18.0. The molecule has 3 rings (SSSR count). The Hall–Kier alpha value is -3.54. The number of rotatable bonds is 3. The second-order valence-corrected chi connectivity index (χ2v) is 7.77. The van der Waals surface area contributed by atoms with Crippen molar-refractivity contribution in [1.29, 1.82) is 0 Å². The molecule has 2 aromatic carbocycles. The van der Waals surface area contributed by atoms with E-state index in [0.29, 0.717) is 17.0 Å². The van der Waals surface area contributed by atoms with Crippen LogP contribution in [0.25, 0.3) is 22.6 Å². The summed E-state index contributed by atoms with van der Waals surface area (Å²) in [5.41, 5.74) is 10.5. The van der Waals surface area contributed by atoms with E-state index in [-0.39, 0.29) is 17.8 Å². The Morgan fingerprint density at radius 3 is 1.88 bits per heavy atom. The number of benzene rings is 2. The zero-order chi connectivity index (χ0) is 24.7. The fourth-order valence-electron chi connectivity index (χ4n) is 2.14. The van der Waals surface area contributed by atoms with E-state index >= 15 is 0 Å². The first-order valence-electron chi connectivity index (χ1n) is 8.40. The standard InChI is InChI=1S/C15H12N2O3S.C3H4.2CH3NOS.CH4.H2O/c16-21(18,19)13-9-5-4-8-12(13)14-15(20-10-17-14)11-6-2-1-3-7-11;1-3-2;2*2-1(3)4;;/h1-10H,(H2,16,18,19);1H,2H3;2*(H3,2,3,4);1H4;1H2. The monoisotopic (exact) mass is 528 g/mol. The number of thiocarbonyl (C=S) groups is 2. The van der Waals surface area contributed by atoms with Gasteiger partial charge in [0.1, 0.15) is 5.69 Å². The largest absolute Gasteiger partial charge is 0.487 e. The van der Waals surface area contributed by atoms with E-state index < -0.39 is 20.4 Å². The molecule has 34 heavy (non-hydrogen) atoms. The molecular formula is C21H28N4O6S3. The summed E-state index contributed by atoms with van der Waals surface area (Å²) < 4.78 is 28.9. The summed E-state index contributed by atoms with van der Waals surface area (Å²) in [4.78, 5) is 4.17. The van der Waals surface area contributed by atoms with E-state index in [2.05, 4.69) is 53.2 Å². The van der Waals surface area contributed by atoms with Crippen LogP contribution in [0, 0.1) is 12.3 Å². The van der Waals surface area contributed by atoms with E-state index in [4.69, 9.17) is 19.8 Å². The molecule has 0 aliphatic heterocycles. The lowest BCUT2D eigenvalue weighted by Gasteiger charge is -2.06. The minimum Gasteiger partial charge on any atom is -0.487 e. The van der Waals surface area contributed by atoms with Gasteiger partial charge in [-0.1, -0.05) is 56.0 Å². The summed E-state index contributed by atoms with van der Waals surface area (Å²) in [5, 5.41) is 19.4. The van der Waals surface area contributed by atoms with Crippen LogP contribution in [0.1, 0.15) is 14.4 Å². The molecule has 0 bridgehead atoms. The summed E-state index contributed by atoms with van der Waals surface area (Å²) in [6.45, 7) is 1.65.